The van der Waals surface area contributed by atoms with E-state index in [1.165, 1.54) is 18.3 Å². The van der Waals surface area contributed by atoms with Crippen LogP contribution in [0.5, 0.6) is 0 Å². The molecule has 154 valence electrons. The van der Waals surface area contributed by atoms with Crippen LogP contribution in [0.4, 0.5) is 5.00 Å². The number of anilines is 1. The van der Waals surface area contributed by atoms with E-state index >= 15 is 0 Å². The van der Waals surface area contributed by atoms with E-state index in [4.69, 9.17) is 9.47 Å². The molecule has 0 aliphatic carbocycles. The van der Waals surface area contributed by atoms with Gasteiger partial charge in [0, 0.05) is 24.9 Å². The molecule has 0 bridgehead atoms. The maximum absolute atomic E-state index is 12.5. The number of piperidine rings is 1. The Labute approximate surface area is 168 Å². The highest BCUT2D eigenvalue weighted by molar-refractivity contribution is 7.16. The molecule has 9 heteroatoms. The Balaban J connectivity index is 1.91. The molecule has 8 nitrogen and oxygen atoms in total. The van der Waals surface area contributed by atoms with Crippen molar-refractivity contribution in [2.75, 3.05) is 31.6 Å². The minimum absolute atomic E-state index is 0.191. The smallest absolute Gasteiger partial charge is 0.341 e. The van der Waals surface area contributed by atoms with Gasteiger partial charge in [0.1, 0.15) is 5.00 Å². The monoisotopic (exact) mass is 410 g/mol. The van der Waals surface area contributed by atoms with Gasteiger partial charge >= 0.3 is 11.9 Å². The van der Waals surface area contributed by atoms with Crippen molar-refractivity contribution < 1.29 is 28.7 Å². The van der Waals surface area contributed by atoms with Crippen LogP contribution in [0.3, 0.4) is 0 Å². The zero-order chi connectivity index (χ0) is 20.8. The normalized spacial score (nSPS) is 14.5. The minimum Gasteiger partial charge on any atom is -0.466 e. The van der Waals surface area contributed by atoms with E-state index in [0.717, 1.165) is 10.4 Å². The Hall–Kier alpha value is -2.42. The van der Waals surface area contributed by atoms with Crippen molar-refractivity contribution in [1.82, 2.24) is 4.90 Å². The Morgan fingerprint density at radius 1 is 1.14 bits per heavy atom. The third kappa shape index (κ3) is 5.31. The van der Waals surface area contributed by atoms with Crippen LogP contribution in [0.1, 0.15) is 47.5 Å². The summed E-state index contributed by atoms with van der Waals surface area (Å²) < 4.78 is 10.2. The second kappa shape index (κ2) is 9.68. The van der Waals surface area contributed by atoms with Crippen molar-refractivity contribution in [3.05, 3.63) is 16.0 Å². The number of likely N-dealkylation sites (tertiary alicyclic amines) is 1. The summed E-state index contributed by atoms with van der Waals surface area (Å²) in [5.41, 5.74) is 1.01. The predicted octanol–water partition coefficient (Wildman–Crippen LogP) is 2.28. The lowest BCUT2D eigenvalue weighted by Crippen LogP contribution is -2.42. The number of thiophene rings is 1. The zero-order valence-electron chi connectivity index (χ0n) is 16.6. The standard InChI is InChI=1S/C19H26N2O6S/c1-5-26-18(24)14-6-8-21(9-7-14)15(23)10-27-19(25)16-11(2)12(3)28-17(16)20-13(4)22/h14H,5-10H2,1-4H3,(H,20,22). The molecule has 2 rings (SSSR count). The van der Waals surface area contributed by atoms with E-state index in [2.05, 4.69) is 5.32 Å². The second-order valence-corrected chi connectivity index (χ2v) is 7.88. The second-order valence-electron chi connectivity index (χ2n) is 6.65. The molecule has 1 N–H and O–H groups in total. The molecule has 1 saturated heterocycles. The highest BCUT2D eigenvalue weighted by atomic mass is 32.1. The van der Waals surface area contributed by atoms with Crippen LogP contribution in [-0.4, -0.2) is 55.0 Å². The largest absolute Gasteiger partial charge is 0.466 e. The fourth-order valence-corrected chi connectivity index (χ4v) is 4.13. The van der Waals surface area contributed by atoms with Crippen molar-refractivity contribution in [3.63, 3.8) is 0 Å². The number of hydrogen-bond donors (Lipinski definition) is 1. The molecule has 2 amide bonds. The van der Waals surface area contributed by atoms with Crippen molar-refractivity contribution in [2.24, 2.45) is 5.92 Å². The maximum atomic E-state index is 12.5. The highest BCUT2D eigenvalue weighted by Gasteiger charge is 2.29. The average Bonchev–Trinajstić information content (AvgIpc) is 2.92. The molecule has 2 heterocycles. The summed E-state index contributed by atoms with van der Waals surface area (Å²) in [6.45, 7) is 7.56. The van der Waals surface area contributed by atoms with Gasteiger partial charge in [-0.2, -0.15) is 0 Å². The molecular formula is C19H26N2O6S. The summed E-state index contributed by atoms with van der Waals surface area (Å²) in [5, 5.41) is 3.06. The average molecular weight is 410 g/mol. The molecular weight excluding hydrogens is 384 g/mol. The zero-order valence-corrected chi connectivity index (χ0v) is 17.4. The van der Waals surface area contributed by atoms with E-state index in [1.807, 2.05) is 6.92 Å². The van der Waals surface area contributed by atoms with Gasteiger partial charge in [-0.25, -0.2) is 4.79 Å². The van der Waals surface area contributed by atoms with Gasteiger partial charge in [-0.15, -0.1) is 11.3 Å². The van der Waals surface area contributed by atoms with E-state index in [1.54, 1.807) is 18.7 Å². The van der Waals surface area contributed by atoms with Gasteiger partial charge in [-0.3, -0.25) is 14.4 Å². The Bertz CT molecular complexity index is 765. The van der Waals surface area contributed by atoms with E-state index < -0.39 is 5.97 Å². The van der Waals surface area contributed by atoms with Crippen LogP contribution in [-0.2, 0) is 23.9 Å². The predicted molar refractivity (Wildman–Crippen MR) is 104 cm³/mol. The number of carbonyl (C=O) groups is 4. The van der Waals surface area contributed by atoms with Crippen molar-refractivity contribution in [2.45, 2.75) is 40.5 Å². The van der Waals surface area contributed by atoms with Crippen LogP contribution in [0, 0.1) is 19.8 Å². The number of esters is 2. The lowest BCUT2D eigenvalue weighted by Gasteiger charge is -2.30. The first-order valence-corrected chi connectivity index (χ1v) is 10.0. The maximum Gasteiger partial charge on any atom is 0.341 e. The van der Waals surface area contributed by atoms with Crippen LogP contribution in [0.2, 0.25) is 0 Å². The Kier molecular flexibility index (Phi) is 7.56. The topological polar surface area (TPSA) is 102 Å². The van der Waals surface area contributed by atoms with Crippen molar-refractivity contribution in [1.29, 1.82) is 0 Å². The molecule has 0 atom stereocenters. The minimum atomic E-state index is -0.639. The Morgan fingerprint density at radius 3 is 2.36 bits per heavy atom. The van der Waals surface area contributed by atoms with E-state index in [0.29, 0.717) is 37.5 Å². The third-order valence-electron chi connectivity index (χ3n) is 4.67. The molecule has 0 radical (unpaired) electrons. The van der Waals surface area contributed by atoms with Gasteiger partial charge in [0.05, 0.1) is 18.1 Å². The van der Waals surface area contributed by atoms with Crippen LogP contribution < -0.4 is 5.32 Å². The van der Waals surface area contributed by atoms with Gasteiger partial charge in [0.25, 0.3) is 5.91 Å². The molecule has 1 aliphatic rings. The molecule has 0 unspecified atom stereocenters. The lowest BCUT2D eigenvalue weighted by atomic mass is 9.97. The number of rotatable bonds is 6. The van der Waals surface area contributed by atoms with E-state index in [-0.39, 0.29) is 35.9 Å². The molecule has 1 fully saturated rings. The number of carbonyl (C=O) groups excluding carboxylic acids is 4. The summed E-state index contributed by atoms with van der Waals surface area (Å²) in [5.74, 6) is -1.64. The number of amides is 2. The van der Waals surface area contributed by atoms with Gasteiger partial charge < -0.3 is 19.7 Å². The number of aryl methyl sites for hydroxylation is 1. The third-order valence-corrected chi connectivity index (χ3v) is 5.80. The molecule has 1 aromatic rings. The molecule has 0 spiro atoms. The summed E-state index contributed by atoms with van der Waals surface area (Å²) in [6, 6.07) is 0. The summed E-state index contributed by atoms with van der Waals surface area (Å²) >= 11 is 1.29. The SMILES string of the molecule is CCOC(=O)C1CCN(C(=O)COC(=O)c2c(NC(C)=O)sc(C)c2C)CC1. The molecule has 1 aliphatic heterocycles. The number of hydrogen-bond acceptors (Lipinski definition) is 7. The quantitative estimate of drug-likeness (QED) is 0.722. The summed E-state index contributed by atoms with van der Waals surface area (Å²) in [7, 11) is 0. The van der Waals surface area contributed by atoms with Gasteiger partial charge in [-0.1, -0.05) is 0 Å². The van der Waals surface area contributed by atoms with Crippen LogP contribution in [0.25, 0.3) is 0 Å². The van der Waals surface area contributed by atoms with Crippen LogP contribution in [0.15, 0.2) is 0 Å². The Morgan fingerprint density at radius 2 is 1.79 bits per heavy atom. The fourth-order valence-electron chi connectivity index (χ4n) is 3.04. The van der Waals surface area contributed by atoms with Gasteiger partial charge in [0.2, 0.25) is 5.91 Å². The van der Waals surface area contributed by atoms with Crippen molar-refractivity contribution in [3.8, 4) is 0 Å². The van der Waals surface area contributed by atoms with Gasteiger partial charge in [-0.05, 0) is 39.2 Å². The van der Waals surface area contributed by atoms with Crippen LogP contribution >= 0.6 is 11.3 Å². The molecule has 0 saturated carbocycles. The molecule has 28 heavy (non-hydrogen) atoms. The number of ether oxygens (including phenoxy) is 2. The highest BCUT2D eigenvalue weighted by Crippen LogP contribution is 2.33. The van der Waals surface area contributed by atoms with Gasteiger partial charge in [0.15, 0.2) is 6.61 Å². The summed E-state index contributed by atoms with van der Waals surface area (Å²) in [4.78, 5) is 50.4. The fraction of sp³-hybridized carbons (Fsp3) is 0.579. The first kappa shape index (κ1) is 21.9. The first-order chi connectivity index (χ1) is 13.2. The van der Waals surface area contributed by atoms with Crippen molar-refractivity contribution >= 4 is 40.1 Å². The first-order valence-electron chi connectivity index (χ1n) is 9.23. The summed E-state index contributed by atoms with van der Waals surface area (Å²) in [6.07, 6.45) is 1.07. The molecule has 1 aromatic heterocycles. The van der Waals surface area contributed by atoms with E-state index in [9.17, 15) is 19.2 Å². The molecule has 0 aromatic carbocycles. The number of nitrogens with one attached hydrogen (secondary N) is 1. The number of nitrogens with zero attached hydrogens (tertiary/aromatic N) is 1. The lowest BCUT2D eigenvalue weighted by molar-refractivity contribution is -0.151.